The number of hydrogen-bond donors (Lipinski definition) is 2. The number of nitrogens with zero attached hydrogens (tertiary/aromatic N) is 3. The smallest absolute Gasteiger partial charge is 0.252 e. The van der Waals surface area contributed by atoms with Crippen LogP contribution in [0.3, 0.4) is 0 Å². The Balaban J connectivity index is 1.41. The predicted octanol–water partition coefficient (Wildman–Crippen LogP) is 4.06. The molecule has 1 aliphatic heterocycles. The van der Waals surface area contributed by atoms with Crippen LogP contribution in [0.15, 0.2) is 82.3 Å². The summed E-state index contributed by atoms with van der Waals surface area (Å²) in [5.74, 6) is 2.49. The standard InChI is InChI=1S/C26H27N5O2/c1-18-9-10-24(33-18)22-17-31(15-19-6-3-2-4-7-19)16-21(22)23-12-25(32)30-26(29-23)28-14-20-8-5-11-27-13-20/h2-13,21-22H,14-17H2,1H3,(H2,28,29,30,32)/t21-,22-/m0/s1. The Bertz CT molecular complexity index is 1250. The van der Waals surface area contributed by atoms with E-state index in [0.717, 1.165) is 42.4 Å². The molecule has 2 N–H and O–H groups in total. The quantitative estimate of drug-likeness (QED) is 0.450. The van der Waals surface area contributed by atoms with E-state index in [4.69, 9.17) is 9.40 Å². The fourth-order valence-corrected chi connectivity index (χ4v) is 4.54. The molecule has 4 heterocycles. The molecule has 33 heavy (non-hydrogen) atoms. The molecular weight excluding hydrogens is 414 g/mol. The van der Waals surface area contributed by atoms with Gasteiger partial charge in [0, 0.05) is 56.5 Å². The summed E-state index contributed by atoms with van der Waals surface area (Å²) in [6, 6.07) is 20.0. The van der Waals surface area contributed by atoms with Crippen LogP contribution in [-0.4, -0.2) is 32.9 Å². The van der Waals surface area contributed by atoms with E-state index in [2.05, 4.69) is 44.5 Å². The summed E-state index contributed by atoms with van der Waals surface area (Å²) in [6.45, 7) is 4.99. The summed E-state index contributed by atoms with van der Waals surface area (Å²) in [5, 5.41) is 3.23. The Labute approximate surface area is 192 Å². The number of pyridine rings is 1. The van der Waals surface area contributed by atoms with Gasteiger partial charge in [-0.1, -0.05) is 36.4 Å². The van der Waals surface area contributed by atoms with E-state index in [1.54, 1.807) is 18.5 Å². The van der Waals surface area contributed by atoms with Gasteiger partial charge in [0.05, 0.1) is 5.69 Å². The van der Waals surface area contributed by atoms with Gasteiger partial charge in [-0.25, -0.2) is 4.98 Å². The van der Waals surface area contributed by atoms with Crippen LogP contribution in [0.5, 0.6) is 0 Å². The van der Waals surface area contributed by atoms with E-state index in [1.165, 1.54) is 5.56 Å². The average Bonchev–Trinajstić information content (AvgIpc) is 3.45. The van der Waals surface area contributed by atoms with Crippen molar-refractivity contribution in [3.63, 3.8) is 0 Å². The molecule has 2 atom stereocenters. The maximum atomic E-state index is 12.5. The van der Waals surface area contributed by atoms with Gasteiger partial charge in [-0.05, 0) is 36.2 Å². The topological polar surface area (TPSA) is 87.0 Å². The fraction of sp³-hybridized carbons (Fsp3) is 0.269. The highest BCUT2D eigenvalue weighted by atomic mass is 16.3. The van der Waals surface area contributed by atoms with Crippen molar-refractivity contribution in [3.8, 4) is 0 Å². The number of H-pyrrole nitrogens is 1. The summed E-state index contributed by atoms with van der Waals surface area (Å²) in [7, 11) is 0. The number of anilines is 1. The second-order valence-electron chi connectivity index (χ2n) is 8.57. The number of benzene rings is 1. The van der Waals surface area contributed by atoms with Crippen molar-refractivity contribution in [2.45, 2.75) is 31.8 Å². The lowest BCUT2D eigenvalue weighted by Gasteiger charge is -2.17. The Hall–Kier alpha value is -3.71. The number of hydrogen-bond acceptors (Lipinski definition) is 6. The molecule has 0 bridgehead atoms. The Morgan fingerprint density at radius 1 is 1.06 bits per heavy atom. The minimum atomic E-state index is -0.162. The number of aromatic amines is 1. The molecule has 0 spiro atoms. The average molecular weight is 442 g/mol. The normalized spacial score (nSPS) is 18.5. The van der Waals surface area contributed by atoms with E-state index in [1.807, 2.05) is 37.3 Å². The van der Waals surface area contributed by atoms with E-state index in [-0.39, 0.29) is 17.4 Å². The maximum Gasteiger partial charge on any atom is 0.252 e. The fourth-order valence-electron chi connectivity index (χ4n) is 4.54. The van der Waals surface area contributed by atoms with Crippen molar-refractivity contribution in [1.29, 1.82) is 0 Å². The first-order chi connectivity index (χ1) is 16.1. The highest BCUT2D eigenvalue weighted by Crippen LogP contribution is 2.40. The van der Waals surface area contributed by atoms with Crippen LogP contribution in [0, 0.1) is 6.92 Å². The molecule has 7 nitrogen and oxygen atoms in total. The summed E-state index contributed by atoms with van der Waals surface area (Å²) >= 11 is 0. The van der Waals surface area contributed by atoms with Crippen molar-refractivity contribution in [3.05, 3.63) is 112 Å². The minimum absolute atomic E-state index is 0.0560. The summed E-state index contributed by atoms with van der Waals surface area (Å²) in [4.78, 5) is 26.7. The molecule has 0 radical (unpaired) electrons. The van der Waals surface area contributed by atoms with Gasteiger partial charge in [-0.2, -0.15) is 0 Å². The van der Waals surface area contributed by atoms with Crippen LogP contribution >= 0.6 is 0 Å². The van der Waals surface area contributed by atoms with Gasteiger partial charge in [0.1, 0.15) is 11.5 Å². The lowest BCUT2D eigenvalue weighted by Crippen LogP contribution is -2.21. The molecule has 0 saturated carbocycles. The first kappa shape index (κ1) is 21.2. The molecule has 0 amide bonds. The first-order valence-corrected chi connectivity index (χ1v) is 11.2. The third-order valence-corrected chi connectivity index (χ3v) is 6.10. The molecule has 1 saturated heterocycles. The van der Waals surface area contributed by atoms with Crippen LogP contribution in [0.1, 0.15) is 40.2 Å². The molecule has 1 aromatic carbocycles. The van der Waals surface area contributed by atoms with Crippen LogP contribution in [-0.2, 0) is 13.1 Å². The lowest BCUT2D eigenvalue weighted by molar-refractivity contribution is 0.319. The van der Waals surface area contributed by atoms with Crippen molar-refractivity contribution >= 4 is 5.95 Å². The van der Waals surface area contributed by atoms with Crippen LogP contribution in [0.2, 0.25) is 0 Å². The Morgan fingerprint density at radius 3 is 2.64 bits per heavy atom. The molecule has 7 heteroatoms. The zero-order valence-electron chi connectivity index (χ0n) is 18.6. The number of aromatic nitrogens is 3. The van der Waals surface area contributed by atoms with Gasteiger partial charge < -0.3 is 9.73 Å². The third-order valence-electron chi connectivity index (χ3n) is 6.10. The SMILES string of the molecule is Cc1ccc([C@H]2CN(Cc3ccccc3)C[C@@H]2c2cc(=O)[nH]c(NCc3cccnc3)n2)o1. The summed E-state index contributed by atoms with van der Waals surface area (Å²) < 4.78 is 6.02. The lowest BCUT2D eigenvalue weighted by atomic mass is 9.90. The van der Waals surface area contributed by atoms with E-state index < -0.39 is 0 Å². The molecule has 1 aliphatic rings. The van der Waals surface area contributed by atoms with E-state index in [9.17, 15) is 4.79 Å². The van der Waals surface area contributed by atoms with Gasteiger partial charge in [0.15, 0.2) is 0 Å². The van der Waals surface area contributed by atoms with E-state index >= 15 is 0 Å². The molecule has 5 rings (SSSR count). The predicted molar refractivity (Wildman–Crippen MR) is 127 cm³/mol. The van der Waals surface area contributed by atoms with Crippen molar-refractivity contribution < 1.29 is 4.42 Å². The zero-order chi connectivity index (χ0) is 22.6. The van der Waals surface area contributed by atoms with Gasteiger partial charge in [0.25, 0.3) is 5.56 Å². The third kappa shape index (κ3) is 5.04. The summed E-state index contributed by atoms with van der Waals surface area (Å²) in [6.07, 6.45) is 3.53. The first-order valence-electron chi connectivity index (χ1n) is 11.2. The molecule has 0 aliphatic carbocycles. The molecule has 0 unspecified atom stereocenters. The van der Waals surface area contributed by atoms with Gasteiger partial charge >= 0.3 is 0 Å². The monoisotopic (exact) mass is 441 g/mol. The Morgan fingerprint density at radius 2 is 1.88 bits per heavy atom. The second-order valence-corrected chi connectivity index (χ2v) is 8.57. The van der Waals surface area contributed by atoms with Crippen molar-refractivity contribution in [2.24, 2.45) is 0 Å². The zero-order valence-corrected chi connectivity index (χ0v) is 18.6. The van der Waals surface area contributed by atoms with E-state index in [0.29, 0.717) is 12.5 Å². The maximum absolute atomic E-state index is 12.5. The van der Waals surface area contributed by atoms with Gasteiger partial charge in [-0.15, -0.1) is 0 Å². The molecule has 3 aromatic heterocycles. The van der Waals surface area contributed by atoms with Gasteiger partial charge in [0.2, 0.25) is 5.95 Å². The molecule has 4 aromatic rings. The number of likely N-dealkylation sites (tertiary alicyclic amines) is 1. The largest absolute Gasteiger partial charge is 0.466 e. The molecule has 1 fully saturated rings. The number of nitrogens with one attached hydrogen (secondary N) is 2. The highest BCUT2D eigenvalue weighted by Gasteiger charge is 2.38. The highest BCUT2D eigenvalue weighted by molar-refractivity contribution is 5.31. The number of rotatable bonds is 7. The van der Waals surface area contributed by atoms with Crippen molar-refractivity contribution in [1.82, 2.24) is 19.9 Å². The second kappa shape index (κ2) is 9.42. The van der Waals surface area contributed by atoms with Crippen LogP contribution in [0.4, 0.5) is 5.95 Å². The Kier molecular flexibility index (Phi) is 6.04. The number of furan rings is 1. The van der Waals surface area contributed by atoms with Crippen LogP contribution in [0.25, 0.3) is 0 Å². The molecular formula is C26H27N5O2. The van der Waals surface area contributed by atoms with Crippen molar-refractivity contribution in [2.75, 3.05) is 18.4 Å². The number of aryl methyl sites for hydroxylation is 1. The minimum Gasteiger partial charge on any atom is -0.466 e. The van der Waals surface area contributed by atoms with Crippen LogP contribution < -0.4 is 10.9 Å². The van der Waals surface area contributed by atoms with Gasteiger partial charge in [-0.3, -0.25) is 19.7 Å². The molecule has 168 valence electrons. The summed E-state index contributed by atoms with van der Waals surface area (Å²) in [5.41, 5.74) is 2.90.